The van der Waals surface area contributed by atoms with E-state index in [2.05, 4.69) is 43.5 Å². The summed E-state index contributed by atoms with van der Waals surface area (Å²) in [6.45, 7) is 11.1. The Morgan fingerprint density at radius 2 is 1.48 bits per heavy atom. The van der Waals surface area contributed by atoms with Crippen LogP contribution in [0.5, 0.6) is 0 Å². The summed E-state index contributed by atoms with van der Waals surface area (Å²) in [4.78, 5) is 109. The van der Waals surface area contributed by atoms with Crippen LogP contribution < -0.4 is 43.4 Å². The monoisotopic (exact) mass is 1090 g/mol. The third-order valence-corrected chi connectivity index (χ3v) is 14.8. The standard InChI is InChI=1S/C53H70N10O9S3/c1-7-35(8-2)27-48(67)63(6)44(33(3)4)28-45(72-34(5)64)52-62-43(32-75-52)51(70)61-42(31-74-40-13-10-9-11-14-40)50(69)59-39-22-20-37(21-23-39)57-46(65)24-26-73-30-36-16-18-38(19-17-36)58-49(68)41(60-47(66)29-54)15-12-25-56-53(55)71/h7,9-11,13-14,16-23,32-33,35,41-42,44-45H,1,8,12,15,24-31,54H2,2-6H3,(H,57,65)(H,58,68)(H,59,69)(H,60,66)(H,61,70)(H3,55,56,71)/t35-,41-,42-,44+,45+/m0/s1. The molecule has 5 atom stereocenters. The summed E-state index contributed by atoms with van der Waals surface area (Å²) in [7, 11) is 1.74. The van der Waals surface area contributed by atoms with Crippen LogP contribution in [-0.2, 0) is 39.3 Å². The molecule has 0 fully saturated rings. The van der Waals surface area contributed by atoms with Crippen LogP contribution in [-0.4, -0.2) is 107 Å². The molecule has 1 aromatic heterocycles. The average Bonchev–Trinajstić information content (AvgIpc) is 3.89. The van der Waals surface area contributed by atoms with E-state index < -0.39 is 53.8 Å². The molecule has 4 rings (SSSR count). The van der Waals surface area contributed by atoms with Gasteiger partial charge in [-0.05, 0) is 85.2 Å². The second-order valence-electron chi connectivity index (χ2n) is 17.8. The van der Waals surface area contributed by atoms with Gasteiger partial charge in [-0.1, -0.05) is 57.2 Å². The minimum atomic E-state index is -1.01. The molecule has 4 aromatic rings. The number of allylic oxidation sites excluding steroid dienone is 1. The molecule has 0 aliphatic heterocycles. The lowest BCUT2D eigenvalue weighted by Gasteiger charge is -2.34. The predicted molar refractivity (Wildman–Crippen MR) is 297 cm³/mol. The molecular weight excluding hydrogens is 1020 g/mol. The topological polar surface area (TPSA) is 286 Å². The summed E-state index contributed by atoms with van der Waals surface area (Å²) >= 11 is 4.10. The molecule has 0 saturated carbocycles. The first kappa shape index (κ1) is 60.8. The Bertz CT molecular complexity index is 2530. The largest absolute Gasteiger partial charge is 0.455 e. The number of primary amides is 1. The van der Waals surface area contributed by atoms with E-state index in [0.29, 0.717) is 46.4 Å². The SMILES string of the molecule is C=C[C@@H](CC)CC(=O)N(C)[C@H](C[C@@H](OC(C)=O)c1nc(C(=O)N[C@@H](CSc2ccccc2)C(=O)Nc2ccc(NC(=O)CCSCc3ccc(NC(=O)[C@H](CCCNC(N)=O)NC(=O)CN)cc3)cc2)cs1)C(C)C. The van der Waals surface area contributed by atoms with Crippen LogP contribution in [0.15, 0.2) is 102 Å². The molecule has 0 aliphatic carbocycles. The number of anilines is 3. The highest BCUT2D eigenvalue weighted by atomic mass is 32.2. The van der Waals surface area contributed by atoms with Crippen molar-refractivity contribution in [2.24, 2.45) is 23.3 Å². The fourth-order valence-electron chi connectivity index (χ4n) is 7.49. The summed E-state index contributed by atoms with van der Waals surface area (Å²) in [5, 5.41) is 18.4. The lowest BCUT2D eigenvalue weighted by Crippen LogP contribution is -2.46. The summed E-state index contributed by atoms with van der Waals surface area (Å²) in [5.41, 5.74) is 13.0. The van der Waals surface area contributed by atoms with Gasteiger partial charge >= 0.3 is 12.0 Å². The van der Waals surface area contributed by atoms with Gasteiger partial charge in [0.2, 0.25) is 29.5 Å². The lowest BCUT2D eigenvalue weighted by molar-refractivity contribution is -0.148. The Morgan fingerprint density at radius 1 is 0.853 bits per heavy atom. The van der Waals surface area contributed by atoms with Gasteiger partial charge < -0.3 is 53.0 Å². The van der Waals surface area contributed by atoms with Gasteiger partial charge in [0.1, 0.15) is 22.8 Å². The molecule has 3 aromatic carbocycles. The van der Waals surface area contributed by atoms with Crippen molar-refractivity contribution < 1.29 is 43.1 Å². The van der Waals surface area contributed by atoms with Gasteiger partial charge in [-0.25, -0.2) is 9.78 Å². The van der Waals surface area contributed by atoms with Gasteiger partial charge in [-0.15, -0.1) is 29.7 Å². The van der Waals surface area contributed by atoms with Crippen molar-refractivity contribution in [3.63, 3.8) is 0 Å². The number of ether oxygens (including phenoxy) is 1. The van der Waals surface area contributed by atoms with Crippen molar-refractivity contribution in [2.45, 2.75) is 101 Å². The van der Waals surface area contributed by atoms with Gasteiger partial charge in [0.05, 0.1) is 6.54 Å². The summed E-state index contributed by atoms with van der Waals surface area (Å²) in [6.07, 6.45) is 3.19. The van der Waals surface area contributed by atoms with Crippen LogP contribution in [0.2, 0.25) is 0 Å². The first-order valence-corrected chi connectivity index (χ1v) is 27.6. The maximum Gasteiger partial charge on any atom is 0.312 e. The fourth-order valence-corrected chi connectivity index (χ4v) is 10.2. The number of thioether (sulfide) groups is 2. The zero-order chi connectivity index (χ0) is 54.9. The van der Waals surface area contributed by atoms with Gasteiger partial charge in [0.15, 0.2) is 6.10 Å². The highest BCUT2D eigenvalue weighted by molar-refractivity contribution is 7.99. The number of hydrogen-bond acceptors (Lipinski definition) is 14. The van der Waals surface area contributed by atoms with Crippen molar-refractivity contribution >= 4 is 99.4 Å². The molecule has 0 spiro atoms. The highest BCUT2D eigenvalue weighted by Gasteiger charge is 2.32. The number of thiazole rings is 1. The van der Waals surface area contributed by atoms with E-state index in [-0.39, 0.29) is 73.5 Å². The lowest BCUT2D eigenvalue weighted by atomic mass is 9.95. The number of esters is 1. The zero-order valence-electron chi connectivity index (χ0n) is 43.1. The number of nitrogens with zero attached hydrogens (tertiary/aromatic N) is 2. The van der Waals surface area contributed by atoms with E-state index in [1.807, 2.05) is 63.2 Å². The number of urea groups is 1. The van der Waals surface area contributed by atoms with Crippen molar-refractivity contribution in [3.05, 3.63) is 113 Å². The molecule has 1 heterocycles. The van der Waals surface area contributed by atoms with Crippen LogP contribution in [0.3, 0.4) is 0 Å². The maximum atomic E-state index is 13.9. The smallest absolute Gasteiger partial charge is 0.312 e. The molecule has 0 unspecified atom stereocenters. The van der Waals surface area contributed by atoms with Crippen molar-refractivity contribution in [1.29, 1.82) is 0 Å². The third kappa shape index (κ3) is 21.6. The first-order valence-electron chi connectivity index (χ1n) is 24.6. The van der Waals surface area contributed by atoms with E-state index in [1.54, 1.807) is 71.6 Å². The predicted octanol–water partition coefficient (Wildman–Crippen LogP) is 6.84. The number of nitrogens with one attached hydrogen (secondary N) is 6. The normalized spacial score (nSPS) is 12.9. The molecule has 0 bridgehead atoms. The number of carbonyl (C=O) groups is 8. The van der Waals surface area contributed by atoms with E-state index in [9.17, 15) is 38.4 Å². The number of nitrogens with two attached hydrogens (primary N) is 2. The Balaban J connectivity index is 1.31. The van der Waals surface area contributed by atoms with Gasteiger partial charge in [0.25, 0.3) is 5.91 Å². The van der Waals surface area contributed by atoms with Crippen LogP contribution in [0.4, 0.5) is 21.9 Å². The summed E-state index contributed by atoms with van der Waals surface area (Å²) in [6, 6.07) is 20.4. The van der Waals surface area contributed by atoms with Gasteiger partial charge in [-0.3, -0.25) is 33.6 Å². The maximum absolute atomic E-state index is 13.9. The summed E-state index contributed by atoms with van der Waals surface area (Å²) < 4.78 is 5.75. The Labute approximate surface area is 451 Å². The molecule has 22 heteroatoms. The number of carbonyl (C=O) groups excluding carboxylic acids is 8. The third-order valence-electron chi connectivity index (χ3n) is 11.7. The van der Waals surface area contributed by atoms with Gasteiger partial charge in [-0.2, -0.15) is 11.8 Å². The summed E-state index contributed by atoms with van der Waals surface area (Å²) in [5.74, 6) is -1.40. The van der Waals surface area contributed by atoms with E-state index >= 15 is 0 Å². The Kier molecular flexibility index (Phi) is 25.8. The number of rotatable bonds is 31. The number of benzene rings is 3. The highest BCUT2D eigenvalue weighted by Crippen LogP contribution is 2.31. The molecule has 10 N–H and O–H groups in total. The Morgan fingerprint density at radius 3 is 2.07 bits per heavy atom. The van der Waals surface area contributed by atoms with Crippen molar-refractivity contribution in [3.8, 4) is 0 Å². The van der Waals surface area contributed by atoms with Crippen molar-refractivity contribution in [2.75, 3.05) is 47.6 Å². The zero-order valence-corrected chi connectivity index (χ0v) is 45.5. The average molecular weight is 1090 g/mol. The fraction of sp³-hybridized carbons (Fsp3) is 0.415. The molecule has 75 heavy (non-hydrogen) atoms. The van der Waals surface area contributed by atoms with Crippen LogP contribution in [0.1, 0.15) is 93.4 Å². The van der Waals surface area contributed by atoms with E-state index in [4.69, 9.17) is 16.2 Å². The molecule has 0 aliphatic rings. The molecule has 0 radical (unpaired) electrons. The second-order valence-corrected chi connectivity index (χ2v) is 20.9. The first-order chi connectivity index (χ1) is 35.9. The quantitative estimate of drug-likeness (QED) is 0.0111. The van der Waals surface area contributed by atoms with Gasteiger partial charge in [0, 0.05) is 90.4 Å². The van der Waals surface area contributed by atoms with Crippen LogP contribution in [0, 0.1) is 11.8 Å². The molecule has 8 amide bonds. The minimum Gasteiger partial charge on any atom is -0.455 e. The Hall–Kier alpha value is -6.75. The molecule has 0 saturated heterocycles. The van der Waals surface area contributed by atoms with Crippen molar-refractivity contribution in [1.82, 2.24) is 25.8 Å². The molecular formula is C53H70N10O9S3. The van der Waals surface area contributed by atoms with Crippen LogP contribution >= 0.6 is 34.9 Å². The number of aromatic nitrogens is 1. The van der Waals surface area contributed by atoms with E-state index in [0.717, 1.165) is 28.2 Å². The number of hydrogen-bond donors (Lipinski definition) is 8. The number of amides is 8. The molecule has 19 nitrogen and oxygen atoms in total. The molecule has 404 valence electrons. The second kappa shape index (κ2) is 31.9. The van der Waals surface area contributed by atoms with E-state index in [1.165, 1.54) is 18.7 Å². The van der Waals surface area contributed by atoms with Crippen LogP contribution in [0.25, 0.3) is 0 Å². The minimum absolute atomic E-state index is 0.00514.